The zero-order valence-electron chi connectivity index (χ0n) is 8.50. The van der Waals surface area contributed by atoms with Crippen LogP contribution >= 0.6 is 15.9 Å². The minimum atomic E-state index is -0.411. The molecule has 2 aromatic heterocycles. The second-order valence-electron chi connectivity index (χ2n) is 3.27. The minimum absolute atomic E-state index is 0.192. The SMILES string of the molecule is Cc1cc(CNc2ncc(Br)cc2F)on1. The van der Waals surface area contributed by atoms with Crippen molar-refractivity contribution in [2.45, 2.75) is 13.5 Å². The predicted molar refractivity (Wildman–Crippen MR) is 60.5 cm³/mol. The van der Waals surface area contributed by atoms with Gasteiger partial charge in [0.05, 0.1) is 12.2 Å². The Labute approximate surface area is 100.0 Å². The first-order valence-electron chi connectivity index (χ1n) is 4.62. The normalized spacial score (nSPS) is 10.4. The van der Waals surface area contributed by atoms with Gasteiger partial charge in [0, 0.05) is 16.7 Å². The maximum absolute atomic E-state index is 13.4. The van der Waals surface area contributed by atoms with Crippen molar-refractivity contribution in [2.75, 3.05) is 5.32 Å². The molecule has 2 heterocycles. The van der Waals surface area contributed by atoms with Crippen LogP contribution in [0, 0.1) is 12.7 Å². The number of anilines is 1. The van der Waals surface area contributed by atoms with Gasteiger partial charge in [-0.2, -0.15) is 0 Å². The highest BCUT2D eigenvalue weighted by molar-refractivity contribution is 9.10. The van der Waals surface area contributed by atoms with Gasteiger partial charge in [0.1, 0.15) is 0 Å². The van der Waals surface area contributed by atoms with E-state index < -0.39 is 5.82 Å². The fourth-order valence-corrected chi connectivity index (χ4v) is 1.52. The maximum Gasteiger partial charge on any atom is 0.166 e. The zero-order chi connectivity index (χ0) is 11.5. The Morgan fingerprint density at radius 2 is 2.31 bits per heavy atom. The van der Waals surface area contributed by atoms with Crippen LogP contribution in [0.2, 0.25) is 0 Å². The van der Waals surface area contributed by atoms with E-state index >= 15 is 0 Å². The fraction of sp³-hybridized carbons (Fsp3) is 0.200. The van der Waals surface area contributed by atoms with E-state index in [0.717, 1.165) is 5.69 Å². The number of hydrogen-bond donors (Lipinski definition) is 1. The summed E-state index contributed by atoms with van der Waals surface area (Å²) in [6, 6.07) is 3.13. The van der Waals surface area contributed by atoms with Crippen LogP contribution in [0.5, 0.6) is 0 Å². The third-order valence-corrected chi connectivity index (χ3v) is 2.35. The third kappa shape index (κ3) is 2.57. The molecule has 0 saturated carbocycles. The van der Waals surface area contributed by atoms with E-state index in [9.17, 15) is 4.39 Å². The number of aromatic nitrogens is 2. The summed E-state index contributed by atoms with van der Waals surface area (Å²) in [6.07, 6.45) is 1.52. The number of pyridine rings is 1. The number of rotatable bonds is 3. The van der Waals surface area contributed by atoms with E-state index in [1.54, 1.807) is 6.07 Å². The lowest BCUT2D eigenvalue weighted by Crippen LogP contribution is -2.02. The van der Waals surface area contributed by atoms with Gasteiger partial charge in [0.2, 0.25) is 0 Å². The summed E-state index contributed by atoms with van der Waals surface area (Å²) in [7, 11) is 0. The van der Waals surface area contributed by atoms with Crippen molar-refractivity contribution in [3.63, 3.8) is 0 Å². The van der Waals surface area contributed by atoms with Crippen molar-refractivity contribution in [1.29, 1.82) is 0 Å². The predicted octanol–water partition coefficient (Wildman–Crippen LogP) is 2.89. The van der Waals surface area contributed by atoms with Crippen LogP contribution in [0.25, 0.3) is 0 Å². The summed E-state index contributed by atoms with van der Waals surface area (Å²) < 4.78 is 18.9. The lowest BCUT2D eigenvalue weighted by Gasteiger charge is -2.03. The summed E-state index contributed by atoms with van der Waals surface area (Å²) >= 11 is 3.14. The highest BCUT2D eigenvalue weighted by Gasteiger charge is 2.05. The Hall–Kier alpha value is -1.43. The van der Waals surface area contributed by atoms with Crippen molar-refractivity contribution in [2.24, 2.45) is 0 Å². The van der Waals surface area contributed by atoms with Crippen molar-refractivity contribution in [1.82, 2.24) is 10.1 Å². The second-order valence-corrected chi connectivity index (χ2v) is 4.19. The molecule has 1 N–H and O–H groups in total. The molecule has 0 aliphatic heterocycles. The topological polar surface area (TPSA) is 51.0 Å². The number of nitrogens with zero attached hydrogens (tertiary/aromatic N) is 2. The number of aryl methyl sites for hydroxylation is 1. The summed E-state index contributed by atoms with van der Waals surface area (Å²) in [5, 5.41) is 6.56. The molecule has 0 fully saturated rings. The highest BCUT2D eigenvalue weighted by atomic mass is 79.9. The van der Waals surface area contributed by atoms with Crippen LogP contribution < -0.4 is 5.32 Å². The van der Waals surface area contributed by atoms with Crippen LogP contribution in [-0.2, 0) is 6.54 Å². The summed E-state index contributed by atoms with van der Waals surface area (Å²) in [4.78, 5) is 3.90. The van der Waals surface area contributed by atoms with E-state index in [4.69, 9.17) is 4.52 Å². The monoisotopic (exact) mass is 285 g/mol. The van der Waals surface area contributed by atoms with Crippen molar-refractivity contribution < 1.29 is 8.91 Å². The molecule has 6 heteroatoms. The van der Waals surface area contributed by atoms with Crippen molar-refractivity contribution in [3.05, 3.63) is 40.1 Å². The van der Waals surface area contributed by atoms with Gasteiger partial charge < -0.3 is 9.84 Å². The molecule has 0 bridgehead atoms. The van der Waals surface area contributed by atoms with Gasteiger partial charge in [0.15, 0.2) is 17.4 Å². The Balaban J connectivity index is 2.04. The van der Waals surface area contributed by atoms with Crippen molar-refractivity contribution >= 4 is 21.7 Å². The molecule has 0 saturated heterocycles. The standard InChI is InChI=1S/C10H9BrFN3O/c1-6-2-8(16-15-6)5-14-10-9(12)3-7(11)4-13-10/h2-4H,5H2,1H3,(H,13,14). The van der Waals surface area contributed by atoms with Crippen LogP contribution in [0.4, 0.5) is 10.2 Å². The van der Waals surface area contributed by atoms with Gasteiger partial charge in [0.25, 0.3) is 0 Å². The molecule has 0 amide bonds. The second kappa shape index (κ2) is 4.61. The maximum atomic E-state index is 13.4. The summed E-state index contributed by atoms with van der Waals surface area (Å²) in [5.41, 5.74) is 0.793. The van der Waals surface area contributed by atoms with Gasteiger partial charge in [-0.1, -0.05) is 5.16 Å². The Morgan fingerprint density at radius 3 is 2.94 bits per heavy atom. The summed E-state index contributed by atoms with van der Waals surface area (Å²) in [6.45, 7) is 2.18. The molecule has 0 aliphatic rings. The van der Waals surface area contributed by atoms with Crippen LogP contribution in [-0.4, -0.2) is 10.1 Å². The molecule has 84 valence electrons. The largest absolute Gasteiger partial charge is 0.360 e. The summed E-state index contributed by atoms with van der Waals surface area (Å²) in [5.74, 6) is 0.421. The average Bonchev–Trinajstić information content (AvgIpc) is 2.63. The van der Waals surface area contributed by atoms with E-state index in [1.165, 1.54) is 12.3 Å². The van der Waals surface area contributed by atoms with Crippen LogP contribution in [0.15, 0.2) is 27.3 Å². The Bertz CT molecular complexity index is 501. The number of hydrogen-bond acceptors (Lipinski definition) is 4. The van der Waals surface area contributed by atoms with E-state index in [1.807, 2.05) is 6.92 Å². The van der Waals surface area contributed by atoms with Gasteiger partial charge in [-0.3, -0.25) is 0 Å². The molecule has 0 aliphatic carbocycles. The van der Waals surface area contributed by atoms with E-state index in [0.29, 0.717) is 16.8 Å². The first kappa shape index (κ1) is 11.1. The lowest BCUT2D eigenvalue weighted by atomic mass is 10.4. The number of nitrogens with one attached hydrogen (secondary N) is 1. The van der Waals surface area contributed by atoms with E-state index in [2.05, 4.69) is 31.4 Å². The first-order valence-corrected chi connectivity index (χ1v) is 5.41. The van der Waals surface area contributed by atoms with Gasteiger partial charge >= 0.3 is 0 Å². The lowest BCUT2D eigenvalue weighted by molar-refractivity contribution is 0.384. The quantitative estimate of drug-likeness (QED) is 0.942. The molecule has 2 rings (SSSR count). The smallest absolute Gasteiger partial charge is 0.166 e. The zero-order valence-corrected chi connectivity index (χ0v) is 10.1. The van der Waals surface area contributed by atoms with Gasteiger partial charge in [-0.25, -0.2) is 9.37 Å². The molecular formula is C10H9BrFN3O. The molecule has 0 radical (unpaired) electrons. The molecule has 16 heavy (non-hydrogen) atoms. The average molecular weight is 286 g/mol. The van der Waals surface area contributed by atoms with Crippen LogP contribution in [0.3, 0.4) is 0 Å². The number of halogens is 2. The third-order valence-electron chi connectivity index (χ3n) is 1.91. The van der Waals surface area contributed by atoms with Gasteiger partial charge in [-0.05, 0) is 28.9 Å². The van der Waals surface area contributed by atoms with Gasteiger partial charge in [-0.15, -0.1) is 0 Å². The molecule has 4 nitrogen and oxygen atoms in total. The molecule has 0 atom stereocenters. The van der Waals surface area contributed by atoms with Crippen LogP contribution in [0.1, 0.15) is 11.5 Å². The molecule has 0 aromatic carbocycles. The first-order chi connectivity index (χ1) is 7.65. The van der Waals surface area contributed by atoms with Crippen molar-refractivity contribution in [3.8, 4) is 0 Å². The fourth-order valence-electron chi connectivity index (χ4n) is 1.22. The van der Waals surface area contributed by atoms with E-state index in [-0.39, 0.29) is 5.82 Å². The molecular weight excluding hydrogens is 277 g/mol. The molecule has 0 unspecified atom stereocenters. The minimum Gasteiger partial charge on any atom is -0.360 e. The Morgan fingerprint density at radius 1 is 1.50 bits per heavy atom. The molecule has 2 aromatic rings. The molecule has 0 spiro atoms. The highest BCUT2D eigenvalue weighted by Crippen LogP contribution is 2.16. The Kier molecular flexibility index (Phi) is 3.19.